The van der Waals surface area contributed by atoms with Crippen LogP contribution in [0.25, 0.3) is 0 Å². The van der Waals surface area contributed by atoms with Crippen molar-refractivity contribution < 1.29 is 41.2 Å². The number of nitrogens with zero attached hydrogens (tertiary/aromatic N) is 1. The van der Waals surface area contributed by atoms with E-state index in [1.165, 1.54) is 18.2 Å². The van der Waals surface area contributed by atoms with Gasteiger partial charge in [-0.3, -0.25) is 28.1 Å². The molecule has 2 fully saturated rings. The third-order valence-electron chi connectivity index (χ3n) is 4.61. The number of rotatable bonds is 4. The second-order valence-corrected chi connectivity index (χ2v) is 8.12. The molecule has 150 valence electrons. The summed E-state index contributed by atoms with van der Waals surface area (Å²) in [4.78, 5) is 24.2. The minimum atomic E-state index is -3.97. The van der Waals surface area contributed by atoms with Crippen molar-refractivity contribution in [3.05, 3.63) is 47.7 Å². The molecular weight excluding hydrogens is 399 g/mol. The summed E-state index contributed by atoms with van der Waals surface area (Å²) >= 11 is 0. The highest BCUT2D eigenvalue weighted by Crippen LogP contribution is 2.56. The van der Waals surface area contributed by atoms with Crippen LogP contribution in [0.5, 0.6) is 0 Å². The summed E-state index contributed by atoms with van der Waals surface area (Å²) in [5.41, 5.74) is 0.191. The summed E-state index contributed by atoms with van der Waals surface area (Å²) in [6.07, 6.45) is -1.96. The fraction of sp³-hybridized carbons (Fsp3) is 0.412. The van der Waals surface area contributed by atoms with E-state index in [2.05, 4.69) is 0 Å². The number of hydrogen-bond acceptors (Lipinski definition) is 7. The maximum atomic E-state index is 13.7. The number of fused-ring (bicyclic) bond motifs is 1. The van der Waals surface area contributed by atoms with Gasteiger partial charge in [0, 0.05) is 18.2 Å². The monoisotopic (exact) mass is 415 g/mol. The van der Waals surface area contributed by atoms with Gasteiger partial charge in [-0.2, -0.15) is 0 Å². The van der Waals surface area contributed by atoms with Gasteiger partial charge in [-0.1, -0.05) is 18.2 Å². The Morgan fingerprint density at radius 2 is 2.00 bits per heavy atom. The van der Waals surface area contributed by atoms with Crippen molar-refractivity contribution in [1.82, 2.24) is 4.90 Å². The molecule has 3 heterocycles. The zero-order valence-corrected chi connectivity index (χ0v) is 15.3. The van der Waals surface area contributed by atoms with Crippen LogP contribution in [0, 0.1) is 5.82 Å². The summed E-state index contributed by atoms with van der Waals surface area (Å²) in [6.45, 7) is -0.449. The van der Waals surface area contributed by atoms with E-state index in [4.69, 9.17) is 18.3 Å². The first-order chi connectivity index (χ1) is 13.3. The van der Waals surface area contributed by atoms with Crippen LogP contribution in [-0.2, 0) is 39.1 Å². The van der Waals surface area contributed by atoms with E-state index in [1.807, 2.05) is 0 Å². The quantitative estimate of drug-likeness (QED) is 0.552. The lowest BCUT2D eigenvalue weighted by molar-refractivity contribution is -0.146. The van der Waals surface area contributed by atoms with Gasteiger partial charge in [-0.15, -0.1) is 0 Å². The first kappa shape index (κ1) is 19.4. The van der Waals surface area contributed by atoms with Crippen molar-refractivity contribution in [3.63, 3.8) is 0 Å². The van der Waals surface area contributed by atoms with Crippen LogP contribution in [0.2, 0.25) is 0 Å². The van der Waals surface area contributed by atoms with E-state index in [1.54, 1.807) is 6.07 Å². The maximum absolute atomic E-state index is 13.7. The molecule has 0 N–H and O–H groups in total. The number of allylic oxidation sites excluding steroid dienone is 1. The zero-order chi connectivity index (χ0) is 19.9. The van der Waals surface area contributed by atoms with Crippen LogP contribution in [0.15, 0.2) is 36.3 Å². The molecule has 3 aliphatic heterocycles. The number of hydrogen-bond donors (Lipinski definition) is 0. The number of carbonyl (C=O) groups is 2. The molecule has 0 bridgehead atoms. The minimum Gasteiger partial charge on any atom is -0.349 e. The lowest BCUT2D eigenvalue weighted by Crippen LogP contribution is -2.40. The van der Waals surface area contributed by atoms with Crippen LogP contribution in [0.1, 0.15) is 18.4 Å². The number of phosphoric ester groups is 1. The lowest BCUT2D eigenvalue weighted by Gasteiger charge is -2.30. The van der Waals surface area contributed by atoms with Gasteiger partial charge in [0.2, 0.25) is 11.7 Å². The Balaban J connectivity index is 1.40. The Bertz CT molecular complexity index is 892. The zero-order valence-electron chi connectivity index (χ0n) is 14.5. The van der Waals surface area contributed by atoms with Crippen molar-refractivity contribution in [3.8, 4) is 0 Å². The highest BCUT2D eigenvalue weighted by atomic mass is 31.2. The van der Waals surface area contributed by atoms with Crippen LogP contribution in [-0.4, -0.2) is 41.6 Å². The first-order valence-electron chi connectivity index (χ1n) is 8.53. The number of Topliss-reactive ketones (excluding diaryl/α,β-unsaturated/α-hetero) is 1. The van der Waals surface area contributed by atoms with E-state index in [0.29, 0.717) is 0 Å². The van der Waals surface area contributed by atoms with Gasteiger partial charge in [0.1, 0.15) is 24.3 Å². The first-order valence-corrected chi connectivity index (χ1v) is 9.99. The van der Waals surface area contributed by atoms with Gasteiger partial charge in [-0.25, -0.2) is 13.3 Å². The number of phosphoric acid groups is 1. The molecule has 1 aromatic carbocycles. The largest absolute Gasteiger partial charge is 0.475 e. The molecule has 11 heteroatoms. The molecule has 8 nitrogen and oxygen atoms in total. The topological polar surface area (TPSA) is 91.4 Å². The summed E-state index contributed by atoms with van der Waals surface area (Å²) in [5, 5.41) is 0. The predicted molar refractivity (Wildman–Crippen MR) is 88.6 cm³/mol. The molecule has 1 unspecified atom stereocenters. The van der Waals surface area contributed by atoms with Crippen LogP contribution in [0.3, 0.4) is 0 Å². The molecule has 28 heavy (non-hydrogen) atoms. The Morgan fingerprint density at radius 1 is 1.21 bits per heavy atom. The molecule has 0 radical (unpaired) electrons. The van der Waals surface area contributed by atoms with E-state index in [-0.39, 0.29) is 25.2 Å². The molecular formula is C17H16F2NO7P. The van der Waals surface area contributed by atoms with E-state index >= 15 is 0 Å². The predicted octanol–water partition coefficient (Wildman–Crippen LogP) is 2.59. The summed E-state index contributed by atoms with van der Waals surface area (Å²) < 4.78 is 61.3. The normalized spacial score (nSPS) is 33.0. The van der Waals surface area contributed by atoms with Crippen molar-refractivity contribution in [2.45, 2.75) is 37.9 Å². The highest BCUT2D eigenvalue weighted by molar-refractivity contribution is 7.48. The standard InChI is InChI=1S/C17H16F2NO7P/c18-11-4-2-1-3-10(11)8-24-28(23)25-9-15-14(27-28)6-17(26-15)20-7-12(19)13(21)5-16(20)22/h1-4,7,14-15,17H,5-6,8-9H2/t14-,15+,17+,28?/m0/s1. The maximum Gasteiger partial charge on any atom is 0.475 e. The summed E-state index contributed by atoms with van der Waals surface area (Å²) in [7, 11) is -3.97. The Labute approximate surface area is 158 Å². The Kier molecular flexibility index (Phi) is 5.15. The fourth-order valence-electron chi connectivity index (χ4n) is 3.15. The molecule has 3 aliphatic rings. The van der Waals surface area contributed by atoms with Gasteiger partial charge in [0.15, 0.2) is 5.83 Å². The molecule has 0 aliphatic carbocycles. The van der Waals surface area contributed by atoms with Crippen LogP contribution in [0.4, 0.5) is 8.78 Å². The smallest absolute Gasteiger partial charge is 0.349 e. The number of halogens is 2. The van der Waals surface area contributed by atoms with Gasteiger partial charge in [0.25, 0.3) is 0 Å². The average molecular weight is 415 g/mol. The van der Waals surface area contributed by atoms with Crippen LogP contribution < -0.4 is 0 Å². The fourth-order valence-corrected chi connectivity index (χ4v) is 4.52. The Morgan fingerprint density at radius 3 is 2.79 bits per heavy atom. The molecule has 0 saturated carbocycles. The third kappa shape index (κ3) is 3.78. The number of carbonyl (C=O) groups excluding carboxylic acids is 2. The summed E-state index contributed by atoms with van der Waals surface area (Å²) in [6, 6.07) is 5.85. The highest BCUT2D eigenvalue weighted by Gasteiger charge is 2.49. The molecule has 4 atom stereocenters. The minimum absolute atomic E-state index is 0.0881. The average Bonchev–Trinajstić information content (AvgIpc) is 3.06. The Hall–Kier alpha value is -1.97. The van der Waals surface area contributed by atoms with Gasteiger partial charge >= 0.3 is 7.82 Å². The molecule has 2 saturated heterocycles. The van der Waals surface area contributed by atoms with Crippen LogP contribution >= 0.6 is 7.82 Å². The SMILES string of the molecule is O=C1CC(=O)N([C@H]2C[C@@H]3OP(=O)(OCc4ccccc4F)OC[C@H]3O2)C=C1F. The van der Waals surface area contributed by atoms with Gasteiger partial charge in [-0.05, 0) is 6.07 Å². The molecule has 0 aromatic heterocycles. The van der Waals surface area contributed by atoms with E-state index in [9.17, 15) is 22.9 Å². The number of benzene rings is 1. The number of amides is 1. The van der Waals surface area contributed by atoms with Crippen molar-refractivity contribution in [2.24, 2.45) is 0 Å². The lowest BCUT2D eigenvalue weighted by atomic mass is 10.1. The van der Waals surface area contributed by atoms with Crippen molar-refractivity contribution in [2.75, 3.05) is 6.61 Å². The third-order valence-corrected chi connectivity index (χ3v) is 6.05. The molecule has 4 rings (SSSR count). The van der Waals surface area contributed by atoms with E-state index < -0.39 is 56.0 Å². The van der Waals surface area contributed by atoms with E-state index in [0.717, 1.165) is 11.1 Å². The number of ketones is 1. The molecule has 0 spiro atoms. The molecule has 1 amide bonds. The number of ether oxygens (including phenoxy) is 1. The van der Waals surface area contributed by atoms with Crippen molar-refractivity contribution in [1.29, 1.82) is 0 Å². The van der Waals surface area contributed by atoms with Crippen molar-refractivity contribution >= 4 is 19.5 Å². The molecule has 1 aromatic rings. The second kappa shape index (κ2) is 7.46. The van der Waals surface area contributed by atoms with Gasteiger partial charge < -0.3 is 4.74 Å². The second-order valence-electron chi connectivity index (χ2n) is 6.49. The van der Waals surface area contributed by atoms with Gasteiger partial charge in [0.05, 0.1) is 19.6 Å². The summed E-state index contributed by atoms with van der Waals surface area (Å²) in [5.74, 6) is -3.04.